The summed E-state index contributed by atoms with van der Waals surface area (Å²) in [6.45, 7) is -0.121. The molecule has 0 fully saturated rings. The van der Waals surface area contributed by atoms with Crippen molar-refractivity contribution in [3.05, 3.63) is 75.2 Å². The summed E-state index contributed by atoms with van der Waals surface area (Å²) >= 11 is 0. The van der Waals surface area contributed by atoms with Gasteiger partial charge in [-0.1, -0.05) is 18.2 Å². The number of nitrogens with zero attached hydrogens (tertiary/aromatic N) is 3. The van der Waals surface area contributed by atoms with Crippen LogP contribution in [0.3, 0.4) is 0 Å². The summed E-state index contributed by atoms with van der Waals surface area (Å²) in [5, 5.41) is 18.4. The van der Waals surface area contributed by atoms with Gasteiger partial charge in [0, 0.05) is 17.7 Å². The zero-order chi connectivity index (χ0) is 19.5. The van der Waals surface area contributed by atoms with Gasteiger partial charge in [-0.05, 0) is 48.1 Å². The number of rotatable bonds is 6. The van der Waals surface area contributed by atoms with Crippen molar-refractivity contribution in [1.29, 1.82) is 0 Å². The molecule has 0 radical (unpaired) electrons. The molecule has 0 saturated carbocycles. The maximum Gasteiger partial charge on any atom is 0.310 e. The molecule has 1 aromatic heterocycles. The van der Waals surface area contributed by atoms with Crippen LogP contribution in [0.4, 0.5) is 5.69 Å². The zero-order valence-corrected chi connectivity index (χ0v) is 15.0. The largest absolute Gasteiger partial charge is 0.455 e. The number of hydrogen-bond acceptors (Lipinski definition) is 7. The molecule has 4 rings (SSSR count). The standard InChI is InChI=1S/C20H17N3O5/c24-19(11-13-4-5-14-2-1-3-16(14)10-13)27-12-18-21-22-20(28-18)15-6-8-17(9-7-15)23(25)26/h4-10H,1-3,11-12H2. The quantitative estimate of drug-likeness (QED) is 0.367. The number of esters is 1. The molecule has 0 saturated heterocycles. The second kappa shape index (κ2) is 7.59. The topological polar surface area (TPSA) is 108 Å². The van der Waals surface area contributed by atoms with Gasteiger partial charge in [-0.25, -0.2) is 0 Å². The van der Waals surface area contributed by atoms with Gasteiger partial charge in [0.2, 0.25) is 5.89 Å². The van der Waals surface area contributed by atoms with Crippen LogP contribution in [-0.2, 0) is 35.4 Å². The van der Waals surface area contributed by atoms with Gasteiger partial charge < -0.3 is 9.15 Å². The average molecular weight is 379 g/mol. The van der Waals surface area contributed by atoms with Gasteiger partial charge in [0.05, 0.1) is 11.3 Å². The van der Waals surface area contributed by atoms with Crippen LogP contribution in [0.15, 0.2) is 46.9 Å². The molecular formula is C20H17N3O5. The summed E-state index contributed by atoms with van der Waals surface area (Å²) in [6.07, 6.45) is 3.52. The van der Waals surface area contributed by atoms with Crippen LogP contribution in [0.1, 0.15) is 29.0 Å². The van der Waals surface area contributed by atoms with E-state index in [2.05, 4.69) is 22.3 Å². The molecule has 8 nitrogen and oxygen atoms in total. The lowest BCUT2D eigenvalue weighted by Gasteiger charge is -2.05. The molecule has 0 aliphatic heterocycles. The van der Waals surface area contributed by atoms with E-state index in [1.807, 2.05) is 6.07 Å². The van der Waals surface area contributed by atoms with E-state index < -0.39 is 4.92 Å². The summed E-state index contributed by atoms with van der Waals surface area (Å²) in [7, 11) is 0. The number of nitro benzene ring substituents is 1. The van der Waals surface area contributed by atoms with Crippen LogP contribution in [0.2, 0.25) is 0 Å². The highest BCUT2D eigenvalue weighted by atomic mass is 16.6. The molecule has 2 aromatic carbocycles. The van der Waals surface area contributed by atoms with Gasteiger partial charge in [-0.2, -0.15) is 0 Å². The van der Waals surface area contributed by atoms with E-state index >= 15 is 0 Å². The monoisotopic (exact) mass is 379 g/mol. The van der Waals surface area contributed by atoms with E-state index in [4.69, 9.17) is 9.15 Å². The molecule has 0 bridgehead atoms. The number of hydrogen-bond donors (Lipinski definition) is 0. The van der Waals surface area contributed by atoms with Gasteiger partial charge in [0.25, 0.3) is 11.6 Å². The molecule has 8 heteroatoms. The number of aryl methyl sites for hydroxylation is 2. The fourth-order valence-corrected chi connectivity index (χ4v) is 3.25. The third-order valence-electron chi connectivity index (χ3n) is 4.66. The summed E-state index contributed by atoms with van der Waals surface area (Å²) in [5.41, 5.74) is 4.14. The smallest absolute Gasteiger partial charge is 0.310 e. The van der Waals surface area contributed by atoms with Crippen molar-refractivity contribution in [1.82, 2.24) is 10.2 Å². The Kier molecular flexibility index (Phi) is 4.84. The molecule has 0 unspecified atom stereocenters. The summed E-state index contributed by atoms with van der Waals surface area (Å²) in [5.74, 6) is 0.00302. The lowest BCUT2D eigenvalue weighted by atomic mass is 10.0. The Morgan fingerprint density at radius 1 is 1.11 bits per heavy atom. The van der Waals surface area contributed by atoms with E-state index in [9.17, 15) is 14.9 Å². The minimum Gasteiger partial charge on any atom is -0.455 e. The number of non-ortho nitro benzene ring substituents is 1. The summed E-state index contributed by atoms with van der Waals surface area (Å²) < 4.78 is 10.7. The van der Waals surface area contributed by atoms with Crippen molar-refractivity contribution in [2.24, 2.45) is 0 Å². The van der Waals surface area contributed by atoms with Crippen molar-refractivity contribution in [3.8, 4) is 11.5 Å². The van der Waals surface area contributed by atoms with Crippen LogP contribution >= 0.6 is 0 Å². The highest BCUT2D eigenvalue weighted by Crippen LogP contribution is 2.24. The molecule has 0 spiro atoms. The Morgan fingerprint density at radius 3 is 2.68 bits per heavy atom. The van der Waals surface area contributed by atoms with Crippen LogP contribution in [0.5, 0.6) is 0 Å². The number of ether oxygens (including phenoxy) is 1. The van der Waals surface area contributed by atoms with E-state index in [0.717, 1.165) is 24.8 Å². The van der Waals surface area contributed by atoms with Crippen molar-refractivity contribution in [2.45, 2.75) is 32.3 Å². The second-order valence-electron chi connectivity index (χ2n) is 6.60. The first-order valence-electron chi connectivity index (χ1n) is 8.92. The Morgan fingerprint density at radius 2 is 1.89 bits per heavy atom. The fourth-order valence-electron chi connectivity index (χ4n) is 3.25. The average Bonchev–Trinajstić information content (AvgIpc) is 3.35. The Balaban J connectivity index is 1.34. The SMILES string of the molecule is O=C(Cc1ccc2c(c1)CCC2)OCc1nnc(-c2ccc([N+](=O)[O-])cc2)o1. The van der Waals surface area contributed by atoms with Crippen molar-refractivity contribution < 1.29 is 18.9 Å². The lowest BCUT2D eigenvalue weighted by Crippen LogP contribution is -2.08. The van der Waals surface area contributed by atoms with Gasteiger partial charge in [0.15, 0.2) is 6.61 Å². The van der Waals surface area contributed by atoms with Gasteiger partial charge in [-0.3, -0.25) is 14.9 Å². The minimum atomic E-state index is -0.483. The van der Waals surface area contributed by atoms with Crippen molar-refractivity contribution >= 4 is 11.7 Å². The van der Waals surface area contributed by atoms with Crippen LogP contribution in [0, 0.1) is 10.1 Å². The van der Waals surface area contributed by atoms with Crippen molar-refractivity contribution in [3.63, 3.8) is 0 Å². The maximum atomic E-state index is 12.1. The highest BCUT2D eigenvalue weighted by molar-refractivity contribution is 5.72. The number of nitro groups is 1. The van der Waals surface area contributed by atoms with E-state index in [1.165, 1.54) is 35.4 Å². The van der Waals surface area contributed by atoms with Crippen molar-refractivity contribution in [2.75, 3.05) is 0 Å². The van der Waals surface area contributed by atoms with Gasteiger partial charge in [-0.15, -0.1) is 10.2 Å². The molecule has 0 atom stereocenters. The Labute approximate surface area is 160 Å². The first-order valence-corrected chi connectivity index (χ1v) is 8.92. The molecule has 0 N–H and O–H groups in total. The number of benzene rings is 2. The zero-order valence-electron chi connectivity index (χ0n) is 15.0. The molecular weight excluding hydrogens is 362 g/mol. The molecule has 3 aromatic rings. The normalized spacial score (nSPS) is 12.6. The fraction of sp³-hybridized carbons (Fsp3) is 0.250. The third kappa shape index (κ3) is 3.90. The predicted octanol–water partition coefficient (Wildman–Crippen LogP) is 3.42. The Bertz CT molecular complexity index is 1030. The van der Waals surface area contributed by atoms with E-state index in [-0.39, 0.29) is 36.5 Å². The second-order valence-corrected chi connectivity index (χ2v) is 6.60. The molecule has 1 heterocycles. The molecule has 1 aliphatic carbocycles. The number of carbonyl (C=O) groups excluding carboxylic acids is 1. The van der Waals surface area contributed by atoms with Crippen LogP contribution < -0.4 is 0 Å². The number of carbonyl (C=O) groups is 1. The predicted molar refractivity (Wildman–Crippen MR) is 98.4 cm³/mol. The molecule has 28 heavy (non-hydrogen) atoms. The summed E-state index contributed by atoms with van der Waals surface area (Å²) in [6, 6.07) is 11.9. The van der Waals surface area contributed by atoms with E-state index in [1.54, 1.807) is 0 Å². The number of aromatic nitrogens is 2. The molecule has 0 amide bonds. The van der Waals surface area contributed by atoms with Crippen LogP contribution in [-0.4, -0.2) is 21.1 Å². The number of fused-ring (bicyclic) bond motifs is 1. The third-order valence-corrected chi connectivity index (χ3v) is 4.66. The minimum absolute atomic E-state index is 0.0241. The van der Waals surface area contributed by atoms with Crippen LogP contribution in [0.25, 0.3) is 11.5 Å². The van der Waals surface area contributed by atoms with Gasteiger partial charge >= 0.3 is 5.97 Å². The van der Waals surface area contributed by atoms with E-state index in [0.29, 0.717) is 5.56 Å². The van der Waals surface area contributed by atoms with Gasteiger partial charge in [0.1, 0.15) is 0 Å². The maximum absolute atomic E-state index is 12.1. The highest BCUT2D eigenvalue weighted by Gasteiger charge is 2.15. The molecule has 1 aliphatic rings. The molecule has 142 valence electrons. The lowest BCUT2D eigenvalue weighted by molar-refractivity contribution is -0.384. The first-order chi connectivity index (χ1) is 13.6. The Hall–Kier alpha value is -3.55. The first kappa shape index (κ1) is 17.8. The summed E-state index contributed by atoms with van der Waals surface area (Å²) in [4.78, 5) is 22.3.